The molecule has 0 saturated carbocycles. The van der Waals surface area contributed by atoms with Gasteiger partial charge in [0.05, 0.1) is 13.7 Å². The Bertz CT molecular complexity index is 601. The van der Waals surface area contributed by atoms with Crippen LogP contribution in [0.5, 0.6) is 5.75 Å². The Kier molecular flexibility index (Phi) is 13.5. The summed E-state index contributed by atoms with van der Waals surface area (Å²) in [6.45, 7) is 2.46. The number of benzene rings is 1. The molecule has 0 bridgehead atoms. The molecule has 1 rings (SSSR count). The fourth-order valence-electron chi connectivity index (χ4n) is 2.25. The summed E-state index contributed by atoms with van der Waals surface area (Å²) in [6, 6.07) is 5.02. The second kappa shape index (κ2) is 14.4. The van der Waals surface area contributed by atoms with Crippen molar-refractivity contribution in [1.29, 1.82) is 0 Å². The molecule has 0 spiro atoms. The highest BCUT2D eigenvalue weighted by molar-refractivity contribution is 14.0. The van der Waals surface area contributed by atoms with Crippen LogP contribution in [0.25, 0.3) is 0 Å². The third kappa shape index (κ3) is 10.9. The Balaban J connectivity index is 0.00000676. The Morgan fingerprint density at radius 1 is 1.26 bits per heavy atom. The molecule has 1 aromatic carbocycles. The van der Waals surface area contributed by atoms with Crippen LogP contribution in [0.1, 0.15) is 37.3 Å². The Morgan fingerprint density at radius 2 is 2.00 bits per heavy atom. The minimum absolute atomic E-state index is 0. The number of carbonyl (C=O) groups excluding carboxylic acids is 1. The fourth-order valence-corrected chi connectivity index (χ4v) is 2.25. The normalized spacial score (nSPS) is 11.0. The second-order valence-electron chi connectivity index (χ2n) is 5.64. The van der Waals surface area contributed by atoms with E-state index in [1.165, 1.54) is 13.2 Å². The van der Waals surface area contributed by atoms with E-state index in [2.05, 4.69) is 25.1 Å². The van der Waals surface area contributed by atoms with E-state index in [1.54, 1.807) is 12.1 Å². The first-order valence-corrected chi connectivity index (χ1v) is 8.59. The van der Waals surface area contributed by atoms with E-state index in [0.29, 0.717) is 37.5 Å². The Labute approximate surface area is 176 Å². The number of methoxy groups -OCH3 is 1. The lowest BCUT2D eigenvalue weighted by Gasteiger charge is -2.13. The maximum absolute atomic E-state index is 12.5. The van der Waals surface area contributed by atoms with Crippen molar-refractivity contribution in [2.24, 2.45) is 4.99 Å². The molecule has 0 heterocycles. The van der Waals surface area contributed by atoms with Crippen LogP contribution >= 0.6 is 24.0 Å². The van der Waals surface area contributed by atoms with Crippen LogP contribution in [0.2, 0.25) is 0 Å². The lowest BCUT2D eigenvalue weighted by atomic mass is 10.1. The van der Waals surface area contributed by atoms with Gasteiger partial charge in [-0.15, -0.1) is 24.0 Å². The molecular weight excluding hydrogens is 471 g/mol. The summed E-state index contributed by atoms with van der Waals surface area (Å²) < 4.78 is 34.2. The van der Waals surface area contributed by atoms with Crippen molar-refractivity contribution in [3.63, 3.8) is 0 Å². The van der Waals surface area contributed by atoms with Gasteiger partial charge in [0, 0.05) is 25.1 Å². The Hall–Kier alpha value is -1.65. The van der Waals surface area contributed by atoms with E-state index in [0.717, 1.165) is 12.0 Å². The van der Waals surface area contributed by atoms with Crippen molar-refractivity contribution in [2.75, 3.05) is 20.2 Å². The zero-order valence-electron chi connectivity index (χ0n) is 15.9. The first-order valence-electron chi connectivity index (χ1n) is 8.59. The van der Waals surface area contributed by atoms with Crippen molar-refractivity contribution >= 4 is 35.9 Å². The summed E-state index contributed by atoms with van der Waals surface area (Å²) in [5.74, 6) is 0.481. The number of ether oxygens (including phenoxy) is 2. The topological polar surface area (TPSA) is 72.0 Å². The molecule has 0 radical (unpaired) electrons. The summed E-state index contributed by atoms with van der Waals surface area (Å²) in [4.78, 5) is 15.5. The first kappa shape index (κ1) is 25.4. The number of esters is 1. The number of hydrogen-bond donors (Lipinski definition) is 2. The van der Waals surface area contributed by atoms with Gasteiger partial charge in [0.25, 0.3) is 0 Å². The van der Waals surface area contributed by atoms with Gasteiger partial charge in [-0.25, -0.2) is 4.99 Å². The molecule has 0 atom stereocenters. The maximum atomic E-state index is 12.5. The predicted molar refractivity (Wildman–Crippen MR) is 112 cm³/mol. The molecule has 0 amide bonds. The minimum atomic E-state index is -2.87. The zero-order valence-corrected chi connectivity index (χ0v) is 18.2. The smallest absolute Gasteiger partial charge is 0.387 e. The highest BCUT2D eigenvalue weighted by Gasteiger charge is 2.10. The van der Waals surface area contributed by atoms with Crippen LogP contribution in [0.4, 0.5) is 8.78 Å². The molecule has 0 aliphatic rings. The molecule has 9 heteroatoms. The van der Waals surface area contributed by atoms with Crippen LogP contribution < -0.4 is 15.4 Å². The highest BCUT2D eigenvalue weighted by atomic mass is 127. The third-order valence-electron chi connectivity index (χ3n) is 3.51. The van der Waals surface area contributed by atoms with Crippen LogP contribution in [-0.4, -0.2) is 38.7 Å². The summed E-state index contributed by atoms with van der Waals surface area (Å²) >= 11 is 0. The van der Waals surface area contributed by atoms with Crippen LogP contribution in [0.15, 0.2) is 23.2 Å². The molecule has 0 aliphatic heterocycles. The standard InChI is InChI=1S/C18H27F2N3O3.HI/c1-4-21-18(22-10-6-5-7-16(24)25-3)23-12-14-11-13(2)8-9-15(14)26-17(19)20;/h8-9,11,17H,4-7,10,12H2,1-3H3,(H2,21,22,23);1H. The molecule has 0 unspecified atom stereocenters. The van der Waals surface area contributed by atoms with Crippen molar-refractivity contribution in [3.8, 4) is 5.75 Å². The van der Waals surface area contributed by atoms with E-state index in [9.17, 15) is 13.6 Å². The number of halogens is 3. The number of nitrogens with one attached hydrogen (secondary N) is 2. The average molecular weight is 499 g/mol. The number of rotatable bonds is 10. The zero-order chi connectivity index (χ0) is 19.4. The van der Waals surface area contributed by atoms with E-state index in [1.807, 2.05) is 13.8 Å². The summed E-state index contributed by atoms with van der Waals surface area (Å²) in [6.07, 6.45) is 1.87. The number of hydrogen-bond acceptors (Lipinski definition) is 4. The van der Waals surface area contributed by atoms with Crippen molar-refractivity contribution in [2.45, 2.75) is 46.3 Å². The fraction of sp³-hybridized carbons (Fsp3) is 0.556. The largest absolute Gasteiger partial charge is 0.469 e. The number of aliphatic imine (C=N–C) groups is 1. The van der Waals surface area contributed by atoms with Crippen molar-refractivity contribution in [3.05, 3.63) is 29.3 Å². The maximum Gasteiger partial charge on any atom is 0.387 e. The van der Waals surface area contributed by atoms with Gasteiger partial charge in [-0.1, -0.05) is 17.7 Å². The molecule has 0 aliphatic carbocycles. The molecule has 1 aromatic rings. The van der Waals surface area contributed by atoms with Crippen LogP contribution in [-0.2, 0) is 16.1 Å². The number of guanidine groups is 1. The van der Waals surface area contributed by atoms with Gasteiger partial charge >= 0.3 is 12.6 Å². The third-order valence-corrected chi connectivity index (χ3v) is 3.51. The van der Waals surface area contributed by atoms with E-state index >= 15 is 0 Å². The molecule has 0 aromatic heterocycles. The van der Waals surface area contributed by atoms with E-state index < -0.39 is 6.61 Å². The van der Waals surface area contributed by atoms with Gasteiger partial charge in [-0.2, -0.15) is 8.78 Å². The molecule has 2 N–H and O–H groups in total. The van der Waals surface area contributed by atoms with Crippen LogP contribution in [0, 0.1) is 6.92 Å². The van der Waals surface area contributed by atoms with Crippen molar-refractivity contribution in [1.82, 2.24) is 10.6 Å². The van der Waals surface area contributed by atoms with Gasteiger partial charge in [-0.3, -0.25) is 4.79 Å². The highest BCUT2D eigenvalue weighted by Crippen LogP contribution is 2.22. The molecule has 0 fully saturated rings. The van der Waals surface area contributed by atoms with Crippen LogP contribution in [0.3, 0.4) is 0 Å². The Morgan fingerprint density at radius 3 is 2.63 bits per heavy atom. The SMILES string of the molecule is CCNC(=NCc1cc(C)ccc1OC(F)F)NCCCCC(=O)OC.I. The van der Waals surface area contributed by atoms with Gasteiger partial charge < -0.3 is 20.1 Å². The monoisotopic (exact) mass is 499 g/mol. The average Bonchev–Trinajstić information content (AvgIpc) is 2.60. The van der Waals surface area contributed by atoms with Gasteiger partial charge in [0.1, 0.15) is 5.75 Å². The number of unbranched alkanes of at least 4 members (excludes halogenated alkanes) is 1. The summed E-state index contributed by atoms with van der Waals surface area (Å²) in [5, 5.41) is 6.25. The number of alkyl halides is 2. The number of nitrogens with zero attached hydrogens (tertiary/aromatic N) is 1. The predicted octanol–water partition coefficient (Wildman–Crippen LogP) is 3.61. The lowest BCUT2D eigenvalue weighted by molar-refractivity contribution is -0.140. The van der Waals surface area contributed by atoms with E-state index in [4.69, 9.17) is 0 Å². The van der Waals surface area contributed by atoms with Gasteiger partial charge in [-0.05, 0) is 32.8 Å². The molecular formula is C18H28F2IN3O3. The van der Waals surface area contributed by atoms with E-state index in [-0.39, 0.29) is 42.2 Å². The van der Waals surface area contributed by atoms with Gasteiger partial charge in [0.2, 0.25) is 0 Å². The summed E-state index contributed by atoms with van der Waals surface area (Å²) in [5.41, 5.74) is 1.53. The minimum Gasteiger partial charge on any atom is -0.469 e. The molecule has 154 valence electrons. The summed E-state index contributed by atoms with van der Waals surface area (Å²) in [7, 11) is 1.37. The first-order chi connectivity index (χ1) is 12.5. The number of aryl methyl sites for hydroxylation is 1. The molecule has 0 saturated heterocycles. The number of carbonyl (C=O) groups is 1. The quantitative estimate of drug-likeness (QED) is 0.169. The lowest BCUT2D eigenvalue weighted by Crippen LogP contribution is -2.37. The molecule has 27 heavy (non-hydrogen) atoms. The van der Waals surface area contributed by atoms with Crippen molar-refractivity contribution < 1.29 is 23.0 Å². The second-order valence-corrected chi connectivity index (χ2v) is 5.64. The van der Waals surface area contributed by atoms with Gasteiger partial charge in [0.15, 0.2) is 5.96 Å². The molecule has 6 nitrogen and oxygen atoms in total.